The minimum absolute atomic E-state index is 0.0567. The summed E-state index contributed by atoms with van der Waals surface area (Å²) in [6.07, 6.45) is 1.46. The van der Waals surface area contributed by atoms with Crippen LogP contribution in [-0.4, -0.2) is 27.2 Å². The molecule has 27 heavy (non-hydrogen) atoms. The molecular formula is C21H22N2O4. The zero-order valence-electron chi connectivity index (χ0n) is 16.0. The van der Waals surface area contributed by atoms with Gasteiger partial charge in [0.05, 0.1) is 21.3 Å². The summed E-state index contributed by atoms with van der Waals surface area (Å²) in [7, 11) is 4.53. The number of ether oxygens (including phenoxy) is 3. The minimum atomic E-state index is -0.502. The molecule has 0 aliphatic carbocycles. The molecule has 2 rings (SSSR count). The summed E-state index contributed by atoms with van der Waals surface area (Å²) in [5.74, 6) is 0.915. The third-order valence-electron chi connectivity index (χ3n) is 4.17. The van der Waals surface area contributed by atoms with E-state index in [1.54, 1.807) is 18.2 Å². The summed E-state index contributed by atoms with van der Waals surface area (Å²) in [6.45, 7) is 3.95. The van der Waals surface area contributed by atoms with Gasteiger partial charge in [0.15, 0.2) is 11.5 Å². The Morgan fingerprint density at radius 2 is 1.59 bits per heavy atom. The first-order chi connectivity index (χ1) is 12.9. The van der Waals surface area contributed by atoms with Gasteiger partial charge >= 0.3 is 0 Å². The number of hydrogen-bond acceptors (Lipinski definition) is 5. The van der Waals surface area contributed by atoms with E-state index in [-0.39, 0.29) is 5.57 Å². The Balaban J connectivity index is 2.38. The van der Waals surface area contributed by atoms with E-state index < -0.39 is 5.91 Å². The van der Waals surface area contributed by atoms with Crippen molar-refractivity contribution in [2.24, 2.45) is 0 Å². The fourth-order valence-electron chi connectivity index (χ4n) is 2.49. The first kappa shape index (κ1) is 19.9. The number of amides is 1. The van der Waals surface area contributed by atoms with Crippen molar-refractivity contribution in [3.8, 4) is 23.3 Å². The van der Waals surface area contributed by atoms with E-state index in [9.17, 15) is 10.1 Å². The number of carbonyl (C=O) groups excluding carboxylic acids is 1. The van der Waals surface area contributed by atoms with E-state index in [0.717, 1.165) is 11.1 Å². The fraction of sp³-hybridized carbons (Fsp3) is 0.238. The molecule has 0 spiro atoms. The first-order valence-electron chi connectivity index (χ1n) is 8.23. The molecule has 2 aromatic carbocycles. The highest BCUT2D eigenvalue weighted by Crippen LogP contribution is 2.35. The molecule has 0 aromatic heterocycles. The topological polar surface area (TPSA) is 80.6 Å². The van der Waals surface area contributed by atoms with Crippen LogP contribution >= 0.6 is 0 Å². The molecule has 6 nitrogen and oxygen atoms in total. The minimum Gasteiger partial charge on any atom is -0.496 e. The van der Waals surface area contributed by atoms with E-state index >= 15 is 0 Å². The number of benzene rings is 2. The average molecular weight is 366 g/mol. The molecule has 0 aliphatic heterocycles. The van der Waals surface area contributed by atoms with Gasteiger partial charge in [-0.25, -0.2) is 0 Å². The lowest BCUT2D eigenvalue weighted by molar-refractivity contribution is -0.112. The number of anilines is 1. The molecule has 2 aromatic rings. The van der Waals surface area contributed by atoms with Crippen LogP contribution in [0.3, 0.4) is 0 Å². The van der Waals surface area contributed by atoms with Gasteiger partial charge in [0, 0.05) is 17.3 Å². The summed E-state index contributed by atoms with van der Waals surface area (Å²) < 4.78 is 15.9. The lowest BCUT2D eigenvalue weighted by Gasteiger charge is -2.12. The van der Waals surface area contributed by atoms with Gasteiger partial charge in [0.2, 0.25) is 0 Å². The smallest absolute Gasteiger partial charge is 0.266 e. The van der Waals surface area contributed by atoms with Crippen LogP contribution in [-0.2, 0) is 4.79 Å². The molecule has 6 heteroatoms. The zero-order valence-corrected chi connectivity index (χ0v) is 16.0. The Morgan fingerprint density at radius 1 is 0.963 bits per heavy atom. The molecule has 0 atom stereocenters. The Labute approximate surface area is 159 Å². The number of aryl methyl sites for hydroxylation is 2. The predicted octanol–water partition coefficient (Wildman–Crippen LogP) is 3.87. The summed E-state index contributed by atoms with van der Waals surface area (Å²) in [4.78, 5) is 12.5. The highest BCUT2D eigenvalue weighted by Gasteiger charge is 2.15. The molecular weight excluding hydrogens is 344 g/mol. The lowest BCUT2D eigenvalue weighted by Crippen LogP contribution is -2.13. The van der Waals surface area contributed by atoms with Gasteiger partial charge in [-0.2, -0.15) is 5.26 Å². The van der Waals surface area contributed by atoms with Crippen molar-refractivity contribution in [1.29, 1.82) is 5.26 Å². The summed E-state index contributed by atoms with van der Waals surface area (Å²) in [6, 6.07) is 10.8. The van der Waals surface area contributed by atoms with Gasteiger partial charge < -0.3 is 19.5 Å². The van der Waals surface area contributed by atoms with E-state index in [1.165, 1.54) is 27.4 Å². The van der Waals surface area contributed by atoms with E-state index in [0.29, 0.717) is 28.5 Å². The SMILES string of the molecule is COc1cc(OC)c(OC)cc1/C=C(\C#N)C(=O)Nc1ccc(C)c(C)c1. The van der Waals surface area contributed by atoms with Gasteiger partial charge in [-0.3, -0.25) is 4.79 Å². The lowest BCUT2D eigenvalue weighted by atomic mass is 10.1. The first-order valence-corrected chi connectivity index (χ1v) is 8.23. The van der Waals surface area contributed by atoms with E-state index in [1.807, 2.05) is 32.0 Å². The number of nitrogens with one attached hydrogen (secondary N) is 1. The van der Waals surface area contributed by atoms with Gasteiger partial charge in [-0.05, 0) is 49.2 Å². The highest BCUT2D eigenvalue weighted by atomic mass is 16.5. The molecule has 0 aliphatic rings. The molecule has 0 unspecified atom stereocenters. The number of nitrogens with zero attached hydrogens (tertiary/aromatic N) is 1. The van der Waals surface area contributed by atoms with Gasteiger partial charge in [0.25, 0.3) is 5.91 Å². The summed E-state index contributed by atoms with van der Waals surface area (Å²) in [5, 5.41) is 12.2. The fourth-order valence-corrected chi connectivity index (χ4v) is 2.49. The van der Waals surface area contributed by atoms with Crippen molar-refractivity contribution < 1.29 is 19.0 Å². The van der Waals surface area contributed by atoms with Crippen molar-refractivity contribution in [3.05, 3.63) is 52.6 Å². The molecule has 0 saturated heterocycles. The molecule has 0 bridgehead atoms. The standard InChI is InChI=1S/C21H22N2O4/c1-13-6-7-17(8-14(13)2)23-21(24)16(12-22)9-15-10-19(26-4)20(27-5)11-18(15)25-3/h6-11H,1-5H3,(H,23,24)/b16-9+. The summed E-state index contributed by atoms with van der Waals surface area (Å²) >= 11 is 0. The number of hydrogen-bond donors (Lipinski definition) is 1. The van der Waals surface area contributed by atoms with E-state index in [2.05, 4.69) is 5.32 Å². The monoisotopic (exact) mass is 366 g/mol. The molecule has 0 radical (unpaired) electrons. The predicted molar refractivity (Wildman–Crippen MR) is 104 cm³/mol. The van der Waals surface area contributed by atoms with Crippen LogP contribution in [0.4, 0.5) is 5.69 Å². The zero-order chi connectivity index (χ0) is 20.0. The largest absolute Gasteiger partial charge is 0.496 e. The van der Waals surface area contributed by atoms with Crippen LogP contribution in [0.2, 0.25) is 0 Å². The van der Waals surface area contributed by atoms with Gasteiger partial charge in [0.1, 0.15) is 17.4 Å². The molecule has 0 saturated carbocycles. The van der Waals surface area contributed by atoms with E-state index in [4.69, 9.17) is 14.2 Å². The van der Waals surface area contributed by atoms with Crippen LogP contribution in [0.15, 0.2) is 35.9 Å². The van der Waals surface area contributed by atoms with Crippen LogP contribution in [0.1, 0.15) is 16.7 Å². The second-order valence-electron chi connectivity index (χ2n) is 5.87. The maximum absolute atomic E-state index is 12.5. The number of nitriles is 1. The van der Waals surface area contributed by atoms with Crippen molar-refractivity contribution in [2.45, 2.75) is 13.8 Å². The second-order valence-corrected chi connectivity index (χ2v) is 5.87. The number of carbonyl (C=O) groups is 1. The Hall–Kier alpha value is -3.46. The maximum atomic E-state index is 12.5. The normalized spacial score (nSPS) is 10.7. The van der Waals surface area contributed by atoms with Crippen LogP contribution in [0.25, 0.3) is 6.08 Å². The van der Waals surface area contributed by atoms with Gasteiger partial charge in [-0.15, -0.1) is 0 Å². The molecule has 140 valence electrons. The molecule has 0 fully saturated rings. The van der Waals surface area contributed by atoms with Crippen LogP contribution < -0.4 is 19.5 Å². The maximum Gasteiger partial charge on any atom is 0.266 e. The average Bonchev–Trinajstić information content (AvgIpc) is 2.68. The Kier molecular flexibility index (Phi) is 6.45. The highest BCUT2D eigenvalue weighted by molar-refractivity contribution is 6.09. The molecule has 1 N–H and O–H groups in total. The van der Waals surface area contributed by atoms with Crippen molar-refractivity contribution >= 4 is 17.7 Å². The van der Waals surface area contributed by atoms with Crippen molar-refractivity contribution in [3.63, 3.8) is 0 Å². The number of methoxy groups -OCH3 is 3. The number of rotatable bonds is 6. The molecule has 0 heterocycles. The van der Waals surface area contributed by atoms with Crippen LogP contribution in [0, 0.1) is 25.2 Å². The van der Waals surface area contributed by atoms with Crippen LogP contribution in [0.5, 0.6) is 17.2 Å². The van der Waals surface area contributed by atoms with Crippen molar-refractivity contribution in [1.82, 2.24) is 0 Å². The quantitative estimate of drug-likeness (QED) is 0.620. The third kappa shape index (κ3) is 4.59. The Morgan fingerprint density at radius 3 is 2.15 bits per heavy atom. The molecule has 1 amide bonds. The van der Waals surface area contributed by atoms with Gasteiger partial charge in [-0.1, -0.05) is 6.07 Å². The second kappa shape index (κ2) is 8.77. The Bertz CT molecular complexity index is 927. The van der Waals surface area contributed by atoms with Crippen molar-refractivity contribution in [2.75, 3.05) is 26.6 Å². The third-order valence-corrected chi connectivity index (χ3v) is 4.17. The summed E-state index contributed by atoms with van der Waals surface area (Å²) in [5.41, 5.74) is 3.28.